The molecule has 0 aromatic heterocycles. The zero-order valence-corrected chi connectivity index (χ0v) is 22.0. The minimum absolute atomic E-state index is 0.0650. The molecule has 2 fully saturated rings. The molecule has 4 rings (SSSR count). The molecule has 0 bridgehead atoms. The highest BCUT2D eigenvalue weighted by Crippen LogP contribution is 2.32. The van der Waals surface area contributed by atoms with Gasteiger partial charge in [0, 0.05) is 77.5 Å². The van der Waals surface area contributed by atoms with Crippen molar-refractivity contribution < 1.29 is 23.4 Å². The van der Waals surface area contributed by atoms with Crippen LogP contribution in [0.5, 0.6) is 0 Å². The summed E-state index contributed by atoms with van der Waals surface area (Å²) in [7, 11) is 1.40. The molecule has 3 aliphatic heterocycles. The number of nitrogens with zero attached hydrogens (tertiary/aromatic N) is 3. The molecule has 34 heavy (non-hydrogen) atoms. The van der Waals surface area contributed by atoms with Crippen LogP contribution in [0.2, 0.25) is 0 Å². The molecular weight excluding hydrogens is 571 g/mol. The number of benzene rings is 1. The standard InChI is InChI=1S/C23H29IN4O5S/c1-15(2-5-21(30)25-14-29)28-22(31)19-4-3-18(10-20(19)23(28)32)26-8-6-17(7-9-26)27-11-16(12-27)13-33-34-24/h3-4,10,14-17H,2,5-9,11-13H2,1H3,(H,25,29,30). The van der Waals surface area contributed by atoms with Gasteiger partial charge in [0.2, 0.25) is 12.3 Å². The van der Waals surface area contributed by atoms with E-state index < -0.39 is 11.9 Å². The fourth-order valence-electron chi connectivity index (χ4n) is 5.08. The lowest BCUT2D eigenvalue weighted by molar-refractivity contribution is -0.125. The Labute approximate surface area is 215 Å². The van der Waals surface area contributed by atoms with Crippen LogP contribution in [0.25, 0.3) is 0 Å². The Morgan fingerprint density at radius 1 is 1.24 bits per heavy atom. The van der Waals surface area contributed by atoms with E-state index in [9.17, 15) is 19.2 Å². The lowest BCUT2D eigenvalue weighted by Gasteiger charge is -2.47. The monoisotopic (exact) mass is 600 g/mol. The Morgan fingerprint density at radius 2 is 1.94 bits per heavy atom. The van der Waals surface area contributed by atoms with Crippen LogP contribution in [0.15, 0.2) is 18.2 Å². The molecule has 3 heterocycles. The number of fused-ring (bicyclic) bond motifs is 1. The van der Waals surface area contributed by atoms with E-state index in [0.29, 0.717) is 35.9 Å². The fourth-order valence-corrected chi connectivity index (χ4v) is 5.76. The summed E-state index contributed by atoms with van der Waals surface area (Å²) in [6.07, 6.45) is 2.85. The van der Waals surface area contributed by atoms with Gasteiger partial charge < -0.3 is 9.08 Å². The third-order valence-corrected chi connectivity index (χ3v) is 8.02. The van der Waals surface area contributed by atoms with Crippen molar-refractivity contribution >= 4 is 60.2 Å². The van der Waals surface area contributed by atoms with E-state index in [-0.39, 0.29) is 18.2 Å². The number of nitrogens with one attached hydrogen (secondary N) is 1. The lowest BCUT2D eigenvalue weighted by atomic mass is 9.93. The Hall–Kier alpha value is -1.70. The number of rotatable bonds is 10. The van der Waals surface area contributed by atoms with Crippen LogP contribution < -0.4 is 10.2 Å². The summed E-state index contributed by atoms with van der Waals surface area (Å²) in [5.74, 6) is -0.444. The fraction of sp³-hybridized carbons (Fsp3) is 0.565. The second kappa shape index (κ2) is 11.4. The number of amides is 4. The molecule has 1 unspecified atom stereocenters. The van der Waals surface area contributed by atoms with Crippen LogP contribution in [-0.4, -0.2) is 78.8 Å². The van der Waals surface area contributed by atoms with Crippen molar-refractivity contribution in [3.63, 3.8) is 0 Å². The van der Waals surface area contributed by atoms with Crippen molar-refractivity contribution in [1.82, 2.24) is 15.1 Å². The third-order valence-electron chi connectivity index (χ3n) is 7.03. The largest absolute Gasteiger partial charge is 0.371 e. The van der Waals surface area contributed by atoms with Crippen molar-refractivity contribution in [3.05, 3.63) is 29.3 Å². The van der Waals surface area contributed by atoms with Crippen molar-refractivity contribution in [1.29, 1.82) is 0 Å². The molecule has 0 radical (unpaired) electrons. The number of halogens is 1. The summed E-state index contributed by atoms with van der Waals surface area (Å²) in [5.41, 5.74) is 1.80. The molecule has 11 heteroatoms. The average molecular weight is 600 g/mol. The van der Waals surface area contributed by atoms with Gasteiger partial charge in [0.05, 0.1) is 26.9 Å². The number of carbonyl (C=O) groups excluding carboxylic acids is 4. The number of hydrogen-bond donors (Lipinski definition) is 1. The number of anilines is 1. The topological polar surface area (TPSA) is 99.3 Å². The van der Waals surface area contributed by atoms with E-state index in [1.807, 2.05) is 12.1 Å². The van der Waals surface area contributed by atoms with E-state index >= 15 is 0 Å². The molecule has 2 saturated heterocycles. The highest BCUT2D eigenvalue weighted by Gasteiger charge is 2.39. The van der Waals surface area contributed by atoms with Gasteiger partial charge in [-0.1, -0.05) is 0 Å². The molecule has 0 aliphatic carbocycles. The molecule has 3 aliphatic rings. The van der Waals surface area contributed by atoms with Gasteiger partial charge in [0.25, 0.3) is 11.8 Å². The maximum absolute atomic E-state index is 13.1. The smallest absolute Gasteiger partial charge is 0.261 e. The molecule has 0 saturated carbocycles. The summed E-state index contributed by atoms with van der Waals surface area (Å²) in [5, 5.41) is 2.08. The number of imide groups is 2. The lowest BCUT2D eigenvalue weighted by Crippen LogP contribution is -2.56. The zero-order chi connectivity index (χ0) is 24.2. The van der Waals surface area contributed by atoms with E-state index in [4.69, 9.17) is 4.18 Å². The number of hydrogen-bond acceptors (Lipinski definition) is 8. The van der Waals surface area contributed by atoms with Crippen LogP contribution in [-0.2, 0) is 13.8 Å². The van der Waals surface area contributed by atoms with Crippen molar-refractivity contribution in [2.75, 3.05) is 37.7 Å². The van der Waals surface area contributed by atoms with Gasteiger partial charge in [-0.25, -0.2) is 0 Å². The van der Waals surface area contributed by atoms with Gasteiger partial charge in [-0.2, -0.15) is 0 Å². The van der Waals surface area contributed by atoms with Crippen LogP contribution in [0, 0.1) is 5.92 Å². The maximum Gasteiger partial charge on any atom is 0.261 e. The first-order chi connectivity index (χ1) is 16.4. The summed E-state index contributed by atoms with van der Waals surface area (Å²) in [6.45, 7) is 6.59. The van der Waals surface area contributed by atoms with Gasteiger partial charge in [-0.15, -0.1) is 0 Å². The molecule has 9 nitrogen and oxygen atoms in total. The summed E-state index contributed by atoms with van der Waals surface area (Å²) in [6, 6.07) is 5.65. The van der Waals surface area contributed by atoms with Gasteiger partial charge in [0.1, 0.15) is 0 Å². The SMILES string of the molecule is CC(CCC(=O)NC=O)N1C(=O)c2ccc(N3CCC(N4CC(COSI)C4)CC3)cc2C1=O. The second-order valence-corrected chi connectivity index (χ2v) is 10.6. The van der Waals surface area contributed by atoms with E-state index in [2.05, 4.69) is 36.3 Å². The van der Waals surface area contributed by atoms with Crippen LogP contribution in [0.1, 0.15) is 53.3 Å². The molecule has 0 spiro atoms. The molecule has 4 amide bonds. The highest BCUT2D eigenvalue weighted by molar-refractivity contribution is 14.2. The summed E-state index contributed by atoms with van der Waals surface area (Å²) < 4.78 is 5.44. The number of carbonyl (C=O) groups is 4. The third kappa shape index (κ3) is 5.42. The normalized spacial score (nSPS) is 20.3. The highest BCUT2D eigenvalue weighted by atomic mass is 127. The Kier molecular flexibility index (Phi) is 8.48. The molecular formula is C23H29IN4O5S. The first kappa shape index (κ1) is 25.4. The molecule has 1 atom stereocenters. The average Bonchev–Trinajstić information content (AvgIpc) is 3.06. The van der Waals surface area contributed by atoms with E-state index in [0.717, 1.165) is 51.3 Å². The maximum atomic E-state index is 13.1. The number of likely N-dealkylation sites (tertiary alicyclic amines) is 1. The Morgan fingerprint density at radius 3 is 2.62 bits per heavy atom. The predicted octanol–water partition coefficient (Wildman–Crippen LogP) is 2.64. The molecule has 1 aromatic rings. The molecule has 1 N–H and O–H groups in total. The Bertz CT molecular complexity index is 949. The first-order valence-electron chi connectivity index (χ1n) is 11.6. The number of piperidine rings is 1. The van der Waals surface area contributed by atoms with Crippen LogP contribution >= 0.6 is 30.4 Å². The van der Waals surface area contributed by atoms with Gasteiger partial charge in [-0.3, -0.25) is 34.3 Å². The van der Waals surface area contributed by atoms with Crippen molar-refractivity contribution in [2.24, 2.45) is 5.92 Å². The molecule has 184 valence electrons. The van der Waals surface area contributed by atoms with Crippen molar-refractivity contribution in [3.8, 4) is 0 Å². The quantitative estimate of drug-likeness (QED) is 0.190. The first-order valence-corrected chi connectivity index (χ1v) is 14.9. The minimum atomic E-state index is -0.440. The predicted molar refractivity (Wildman–Crippen MR) is 138 cm³/mol. The van der Waals surface area contributed by atoms with Crippen LogP contribution in [0.3, 0.4) is 0 Å². The van der Waals surface area contributed by atoms with Crippen molar-refractivity contribution in [2.45, 2.75) is 44.7 Å². The van der Waals surface area contributed by atoms with E-state index in [1.54, 1.807) is 13.0 Å². The minimum Gasteiger partial charge on any atom is -0.371 e. The van der Waals surface area contributed by atoms with Gasteiger partial charge in [-0.05, 0) is 44.4 Å². The van der Waals surface area contributed by atoms with Gasteiger partial charge in [0.15, 0.2) is 0 Å². The second-order valence-electron chi connectivity index (χ2n) is 9.17. The van der Waals surface area contributed by atoms with E-state index in [1.165, 1.54) is 14.1 Å². The molecule has 1 aromatic carbocycles. The summed E-state index contributed by atoms with van der Waals surface area (Å²) in [4.78, 5) is 53.9. The summed E-state index contributed by atoms with van der Waals surface area (Å²) >= 11 is 2.15. The van der Waals surface area contributed by atoms with Gasteiger partial charge >= 0.3 is 0 Å². The van der Waals surface area contributed by atoms with Crippen LogP contribution in [0.4, 0.5) is 5.69 Å². The zero-order valence-electron chi connectivity index (χ0n) is 19.1. The Balaban J connectivity index is 1.33.